The molecule has 0 heterocycles. The van der Waals surface area contributed by atoms with Gasteiger partial charge in [0.05, 0.1) is 6.10 Å². The first-order valence-electron chi connectivity index (χ1n) is 2.63. The van der Waals surface area contributed by atoms with Crippen molar-refractivity contribution in [2.24, 2.45) is 5.73 Å². The van der Waals surface area contributed by atoms with Gasteiger partial charge in [-0.3, -0.25) is 0 Å². The van der Waals surface area contributed by atoms with Crippen molar-refractivity contribution in [2.45, 2.75) is 25.0 Å². The fourth-order valence-electron chi connectivity index (χ4n) is 0.788. The molecule has 2 atom stereocenters. The van der Waals surface area contributed by atoms with Gasteiger partial charge < -0.3 is 10.5 Å². The molecule has 0 aromatic heterocycles. The Balaban J connectivity index is 2.16. The number of hydrogen-bond donors (Lipinski definition) is 1. The van der Waals surface area contributed by atoms with E-state index in [0.717, 1.165) is 12.8 Å². The summed E-state index contributed by atoms with van der Waals surface area (Å²) in [6, 6.07) is 0.324. The first-order chi connectivity index (χ1) is 3.34. The highest BCUT2D eigenvalue weighted by atomic mass is 16.5. The maximum Gasteiger partial charge on any atom is 0.0722 e. The second-order valence-corrected chi connectivity index (χ2v) is 2.02. The summed E-state index contributed by atoms with van der Waals surface area (Å²) >= 11 is 0. The van der Waals surface area contributed by atoms with Crippen LogP contribution in [0, 0.1) is 0 Å². The molecule has 2 N–H and O–H groups in total. The second-order valence-electron chi connectivity index (χ2n) is 2.02. The Morgan fingerprint density at radius 2 is 2.29 bits per heavy atom. The molecule has 0 amide bonds. The van der Waals surface area contributed by atoms with E-state index in [2.05, 4.69) is 0 Å². The lowest BCUT2D eigenvalue weighted by molar-refractivity contribution is 0.0213. The van der Waals surface area contributed by atoms with Crippen LogP contribution in [0.3, 0.4) is 0 Å². The topological polar surface area (TPSA) is 35.2 Å². The summed E-state index contributed by atoms with van der Waals surface area (Å²) in [6.45, 7) is 0. The molecular weight excluding hydrogens is 90.1 g/mol. The highest BCUT2D eigenvalue weighted by molar-refractivity contribution is 4.83. The first-order valence-corrected chi connectivity index (χ1v) is 2.63. The third-order valence-corrected chi connectivity index (χ3v) is 1.56. The van der Waals surface area contributed by atoms with Crippen molar-refractivity contribution < 1.29 is 4.74 Å². The number of rotatable bonds is 1. The van der Waals surface area contributed by atoms with Gasteiger partial charge in [-0.15, -0.1) is 0 Å². The third kappa shape index (κ3) is 0.763. The van der Waals surface area contributed by atoms with Gasteiger partial charge >= 0.3 is 0 Å². The number of nitrogens with two attached hydrogens (primary N) is 1. The molecule has 0 saturated heterocycles. The van der Waals surface area contributed by atoms with Gasteiger partial charge in [0.15, 0.2) is 0 Å². The summed E-state index contributed by atoms with van der Waals surface area (Å²) in [5, 5.41) is 0. The van der Waals surface area contributed by atoms with Crippen molar-refractivity contribution >= 4 is 0 Å². The van der Waals surface area contributed by atoms with E-state index in [1.165, 1.54) is 0 Å². The predicted octanol–water partition coefficient (Wildman–Crippen LogP) is 0.123. The summed E-state index contributed by atoms with van der Waals surface area (Å²) < 4.78 is 4.97. The molecule has 0 aliphatic heterocycles. The van der Waals surface area contributed by atoms with Crippen molar-refractivity contribution in [3.63, 3.8) is 0 Å². The molecule has 0 radical (unpaired) electrons. The molecule has 2 heteroatoms. The van der Waals surface area contributed by atoms with Crippen LogP contribution in [-0.2, 0) is 4.74 Å². The lowest BCUT2D eigenvalue weighted by Gasteiger charge is -2.31. The summed E-state index contributed by atoms with van der Waals surface area (Å²) in [7, 11) is 1.71. The Labute approximate surface area is 43.6 Å². The average molecular weight is 101 g/mol. The van der Waals surface area contributed by atoms with Crippen molar-refractivity contribution in [3.05, 3.63) is 0 Å². The number of methoxy groups -OCH3 is 1. The molecule has 1 rings (SSSR count). The molecular formula is C5H11NO. The van der Waals surface area contributed by atoms with Crippen LogP contribution in [0.4, 0.5) is 0 Å². The van der Waals surface area contributed by atoms with Crippen LogP contribution in [0.5, 0.6) is 0 Å². The van der Waals surface area contributed by atoms with Crippen LogP contribution < -0.4 is 5.73 Å². The highest BCUT2D eigenvalue weighted by Crippen LogP contribution is 2.19. The van der Waals surface area contributed by atoms with E-state index < -0.39 is 0 Å². The van der Waals surface area contributed by atoms with E-state index in [1.54, 1.807) is 7.11 Å². The Bertz CT molecular complexity index is 63.1. The fourth-order valence-corrected chi connectivity index (χ4v) is 0.788. The van der Waals surface area contributed by atoms with Gasteiger partial charge in [-0.2, -0.15) is 0 Å². The molecule has 0 aromatic rings. The molecule has 0 spiro atoms. The minimum atomic E-state index is 0.324. The van der Waals surface area contributed by atoms with Crippen LogP contribution in [0.25, 0.3) is 0 Å². The Morgan fingerprint density at radius 3 is 2.29 bits per heavy atom. The number of hydrogen-bond acceptors (Lipinski definition) is 2. The third-order valence-electron chi connectivity index (χ3n) is 1.56. The standard InChI is InChI=1S/C5H11NO/c1-7-5-3-2-4(5)6/h4-5H,2-3,6H2,1H3/t4-,5-/m1/s1. The zero-order valence-electron chi connectivity index (χ0n) is 4.55. The van der Waals surface area contributed by atoms with Crippen molar-refractivity contribution in [1.29, 1.82) is 0 Å². The molecule has 1 aliphatic rings. The van der Waals surface area contributed by atoms with Crippen LogP contribution in [-0.4, -0.2) is 19.3 Å². The fraction of sp³-hybridized carbons (Fsp3) is 1.00. The molecule has 1 fully saturated rings. The maximum absolute atomic E-state index is 5.51. The van der Waals surface area contributed by atoms with Crippen LogP contribution in [0.1, 0.15) is 12.8 Å². The van der Waals surface area contributed by atoms with Crippen LogP contribution >= 0.6 is 0 Å². The van der Waals surface area contributed by atoms with E-state index in [1.807, 2.05) is 0 Å². The Morgan fingerprint density at radius 1 is 1.57 bits per heavy atom. The first kappa shape index (κ1) is 5.06. The van der Waals surface area contributed by atoms with Crippen LogP contribution in [0.15, 0.2) is 0 Å². The van der Waals surface area contributed by atoms with E-state index >= 15 is 0 Å². The van der Waals surface area contributed by atoms with Gasteiger partial charge in [-0.25, -0.2) is 0 Å². The Kier molecular flexibility index (Phi) is 1.30. The summed E-state index contributed by atoms with van der Waals surface area (Å²) in [4.78, 5) is 0. The zero-order chi connectivity index (χ0) is 5.28. The van der Waals surface area contributed by atoms with Gasteiger partial charge in [0.2, 0.25) is 0 Å². The van der Waals surface area contributed by atoms with Crippen molar-refractivity contribution in [3.8, 4) is 0 Å². The van der Waals surface area contributed by atoms with E-state index in [-0.39, 0.29) is 0 Å². The maximum atomic E-state index is 5.51. The molecule has 42 valence electrons. The normalized spacial score (nSPS) is 40.3. The molecule has 7 heavy (non-hydrogen) atoms. The molecule has 0 aromatic carbocycles. The molecule has 0 bridgehead atoms. The van der Waals surface area contributed by atoms with Gasteiger partial charge in [0.1, 0.15) is 0 Å². The van der Waals surface area contributed by atoms with Gasteiger partial charge in [0.25, 0.3) is 0 Å². The molecule has 1 aliphatic carbocycles. The predicted molar refractivity (Wildman–Crippen MR) is 28.0 cm³/mol. The molecule has 0 unspecified atom stereocenters. The molecule has 1 saturated carbocycles. The molecule has 2 nitrogen and oxygen atoms in total. The summed E-state index contributed by atoms with van der Waals surface area (Å²) in [6.07, 6.45) is 2.65. The quantitative estimate of drug-likeness (QED) is 0.509. The minimum Gasteiger partial charge on any atom is -0.380 e. The average Bonchev–Trinajstić information content (AvgIpc) is 1.65. The number of ether oxygens (including phenoxy) is 1. The monoisotopic (exact) mass is 101 g/mol. The van der Waals surface area contributed by atoms with Gasteiger partial charge in [-0.1, -0.05) is 0 Å². The smallest absolute Gasteiger partial charge is 0.0722 e. The lowest BCUT2D eigenvalue weighted by atomic mass is 9.90. The Hall–Kier alpha value is -0.0800. The van der Waals surface area contributed by atoms with E-state index in [0.29, 0.717) is 12.1 Å². The SMILES string of the molecule is CO[C@@H]1CC[C@H]1N. The minimum absolute atomic E-state index is 0.324. The van der Waals surface area contributed by atoms with E-state index in [9.17, 15) is 0 Å². The van der Waals surface area contributed by atoms with Gasteiger partial charge in [-0.05, 0) is 12.8 Å². The largest absolute Gasteiger partial charge is 0.380 e. The highest BCUT2D eigenvalue weighted by Gasteiger charge is 2.26. The summed E-state index contributed by atoms with van der Waals surface area (Å²) in [5.74, 6) is 0. The van der Waals surface area contributed by atoms with Crippen molar-refractivity contribution in [1.82, 2.24) is 0 Å². The summed E-state index contributed by atoms with van der Waals surface area (Å²) in [5.41, 5.74) is 5.51. The van der Waals surface area contributed by atoms with Crippen molar-refractivity contribution in [2.75, 3.05) is 7.11 Å². The second kappa shape index (κ2) is 1.80. The van der Waals surface area contributed by atoms with E-state index in [4.69, 9.17) is 10.5 Å². The van der Waals surface area contributed by atoms with Crippen LogP contribution in [0.2, 0.25) is 0 Å². The lowest BCUT2D eigenvalue weighted by Crippen LogP contribution is -2.45. The van der Waals surface area contributed by atoms with Gasteiger partial charge in [0, 0.05) is 13.2 Å². The zero-order valence-corrected chi connectivity index (χ0v) is 4.55.